The molecule has 0 spiro atoms. The number of nitrogens with one attached hydrogen (secondary N) is 2. The van der Waals surface area contributed by atoms with E-state index in [1.165, 1.54) is 19.2 Å². The number of phenolic OH excluding ortho intramolecular Hbond substituents is 1. The number of hydrogen-bond donors (Lipinski definition) is 3. The van der Waals surface area contributed by atoms with E-state index in [9.17, 15) is 9.90 Å². The Morgan fingerprint density at radius 3 is 3.00 bits per heavy atom. The second-order valence-corrected chi connectivity index (χ2v) is 4.45. The molecule has 1 aromatic rings. The highest BCUT2D eigenvalue weighted by Gasteiger charge is 2.17. The third-order valence-corrected chi connectivity index (χ3v) is 3.16. The maximum atomic E-state index is 11.9. The number of rotatable bonds is 4. The van der Waals surface area contributed by atoms with Crippen LogP contribution in [0.25, 0.3) is 0 Å². The number of aromatic hydroxyl groups is 1. The summed E-state index contributed by atoms with van der Waals surface area (Å²) < 4.78 is 5.04. The lowest BCUT2D eigenvalue weighted by atomic mass is 10.1. The van der Waals surface area contributed by atoms with Crippen LogP contribution in [-0.2, 0) is 0 Å². The van der Waals surface area contributed by atoms with Crippen molar-refractivity contribution in [2.75, 3.05) is 26.7 Å². The first-order valence-electron chi connectivity index (χ1n) is 6.06. The van der Waals surface area contributed by atoms with Crippen LogP contribution in [0, 0.1) is 5.92 Å². The van der Waals surface area contributed by atoms with Gasteiger partial charge in [-0.3, -0.25) is 4.79 Å². The summed E-state index contributed by atoms with van der Waals surface area (Å²) >= 11 is 0. The van der Waals surface area contributed by atoms with Crippen molar-refractivity contribution in [1.82, 2.24) is 10.6 Å². The van der Waals surface area contributed by atoms with Gasteiger partial charge in [0.2, 0.25) is 0 Å². The van der Waals surface area contributed by atoms with Gasteiger partial charge in [0.15, 0.2) is 0 Å². The van der Waals surface area contributed by atoms with Gasteiger partial charge in [0, 0.05) is 6.54 Å². The molecule has 6 heteroatoms. The molecule has 1 atom stereocenters. The molecule has 0 aliphatic carbocycles. The van der Waals surface area contributed by atoms with Crippen molar-refractivity contribution in [2.45, 2.75) is 6.42 Å². The molecular formula is C13H19ClN2O3. The van der Waals surface area contributed by atoms with Crippen LogP contribution in [0.3, 0.4) is 0 Å². The van der Waals surface area contributed by atoms with E-state index < -0.39 is 0 Å². The molecule has 19 heavy (non-hydrogen) atoms. The molecule has 1 aliphatic rings. The molecule has 0 radical (unpaired) electrons. The van der Waals surface area contributed by atoms with Gasteiger partial charge >= 0.3 is 0 Å². The lowest BCUT2D eigenvalue weighted by Gasteiger charge is -2.11. The predicted molar refractivity (Wildman–Crippen MR) is 75.2 cm³/mol. The van der Waals surface area contributed by atoms with Gasteiger partial charge < -0.3 is 20.5 Å². The first-order valence-corrected chi connectivity index (χ1v) is 6.06. The van der Waals surface area contributed by atoms with E-state index in [0.717, 1.165) is 19.5 Å². The Kier molecular flexibility index (Phi) is 5.92. The monoisotopic (exact) mass is 286 g/mol. The first-order chi connectivity index (χ1) is 8.70. The number of amides is 1. The fourth-order valence-electron chi connectivity index (χ4n) is 2.04. The second-order valence-electron chi connectivity index (χ2n) is 4.45. The third kappa shape index (κ3) is 4.01. The summed E-state index contributed by atoms with van der Waals surface area (Å²) in [5.41, 5.74) is 0.250. The maximum absolute atomic E-state index is 11.9. The minimum Gasteiger partial charge on any atom is -0.507 e. The van der Waals surface area contributed by atoms with Crippen LogP contribution in [0.5, 0.6) is 11.5 Å². The maximum Gasteiger partial charge on any atom is 0.255 e. The molecule has 5 nitrogen and oxygen atoms in total. The van der Waals surface area contributed by atoms with Crippen LogP contribution in [0.4, 0.5) is 0 Å². The highest BCUT2D eigenvalue weighted by Crippen LogP contribution is 2.22. The highest BCUT2D eigenvalue weighted by molar-refractivity contribution is 5.97. The molecule has 1 saturated heterocycles. The van der Waals surface area contributed by atoms with Crippen LogP contribution >= 0.6 is 12.4 Å². The first kappa shape index (κ1) is 15.6. The van der Waals surface area contributed by atoms with Gasteiger partial charge in [-0.1, -0.05) is 0 Å². The van der Waals surface area contributed by atoms with E-state index in [4.69, 9.17) is 4.74 Å². The quantitative estimate of drug-likeness (QED) is 0.777. The van der Waals surface area contributed by atoms with Crippen LogP contribution in [-0.4, -0.2) is 37.8 Å². The van der Waals surface area contributed by atoms with Crippen molar-refractivity contribution >= 4 is 18.3 Å². The Labute approximate surface area is 118 Å². The Bertz CT molecular complexity index is 434. The molecule has 1 aromatic carbocycles. The summed E-state index contributed by atoms with van der Waals surface area (Å²) in [5.74, 6) is 0.735. The fourth-order valence-corrected chi connectivity index (χ4v) is 2.04. The Morgan fingerprint density at radius 2 is 2.37 bits per heavy atom. The zero-order chi connectivity index (χ0) is 13.0. The van der Waals surface area contributed by atoms with Gasteiger partial charge in [0.05, 0.1) is 12.7 Å². The molecule has 0 saturated carbocycles. The SMILES string of the molecule is COc1ccc(O)c(C(=O)NCC2CCNC2)c1.Cl. The summed E-state index contributed by atoms with van der Waals surface area (Å²) in [4.78, 5) is 11.9. The zero-order valence-electron chi connectivity index (χ0n) is 10.8. The topological polar surface area (TPSA) is 70.6 Å². The van der Waals surface area contributed by atoms with E-state index in [2.05, 4.69) is 10.6 Å². The molecular weight excluding hydrogens is 268 g/mol. The van der Waals surface area contributed by atoms with E-state index in [0.29, 0.717) is 18.2 Å². The number of carbonyl (C=O) groups is 1. The Balaban J connectivity index is 0.00000180. The van der Waals surface area contributed by atoms with Gasteiger partial charge in [0.25, 0.3) is 5.91 Å². The number of ether oxygens (including phenoxy) is 1. The summed E-state index contributed by atoms with van der Waals surface area (Å²) in [6.07, 6.45) is 1.07. The molecule has 3 N–H and O–H groups in total. The number of hydrogen-bond acceptors (Lipinski definition) is 4. The average Bonchev–Trinajstić information content (AvgIpc) is 2.89. The second kappa shape index (κ2) is 7.21. The molecule has 0 bridgehead atoms. The van der Waals surface area contributed by atoms with Gasteiger partial charge in [0.1, 0.15) is 11.5 Å². The standard InChI is InChI=1S/C13H18N2O3.ClH/c1-18-10-2-3-12(16)11(6-10)13(17)15-8-9-4-5-14-7-9;/h2-3,6,9,14,16H,4-5,7-8H2,1H3,(H,15,17);1H. The lowest BCUT2D eigenvalue weighted by molar-refractivity contribution is 0.0945. The molecule has 1 unspecified atom stereocenters. The lowest BCUT2D eigenvalue weighted by Crippen LogP contribution is -2.30. The van der Waals surface area contributed by atoms with Crippen molar-refractivity contribution in [3.63, 3.8) is 0 Å². The van der Waals surface area contributed by atoms with Gasteiger partial charge in [-0.25, -0.2) is 0 Å². The van der Waals surface area contributed by atoms with Gasteiger partial charge in [-0.15, -0.1) is 12.4 Å². The Hall–Kier alpha value is -1.46. The van der Waals surface area contributed by atoms with Crippen LogP contribution in [0.2, 0.25) is 0 Å². The average molecular weight is 287 g/mol. The molecule has 1 amide bonds. The fraction of sp³-hybridized carbons (Fsp3) is 0.462. The largest absolute Gasteiger partial charge is 0.507 e. The summed E-state index contributed by atoms with van der Waals surface area (Å²) in [6.45, 7) is 2.57. The molecule has 2 rings (SSSR count). The van der Waals surface area contributed by atoms with Crippen LogP contribution in [0.1, 0.15) is 16.8 Å². The Morgan fingerprint density at radius 1 is 1.58 bits per heavy atom. The number of carbonyl (C=O) groups excluding carboxylic acids is 1. The van der Waals surface area contributed by atoms with Crippen molar-refractivity contribution in [3.8, 4) is 11.5 Å². The summed E-state index contributed by atoms with van der Waals surface area (Å²) in [7, 11) is 1.53. The molecule has 1 fully saturated rings. The minimum absolute atomic E-state index is 0. The smallest absolute Gasteiger partial charge is 0.255 e. The van der Waals surface area contributed by atoms with E-state index >= 15 is 0 Å². The van der Waals surface area contributed by atoms with Crippen molar-refractivity contribution < 1.29 is 14.6 Å². The summed E-state index contributed by atoms with van der Waals surface area (Å²) in [6, 6.07) is 4.62. The molecule has 0 aromatic heterocycles. The molecule has 1 aliphatic heterocycles. The number of phenols is 1. The number of halogens is 1. The number of methoxy groups -OCH3 is 1. The van der Waals surface area contributed by atoms with E-state index in [1.807, 2.05) is 0 Å². The highest BCUT2D eigenvalue weighted by atomic mass is 35.5. The molecule has 106 valence electrons. The van der Waals surface area contributed by atoms with E-state index in [-0.39, 0.29) is 29.6 Å². The van der Waals surface area contributed by atoms with Crippen LogP contribution in [0.15, 0.2) is 18.2 Å². The van der Waals surface area contributed by atoms with Crippen molar-refractivity contribution in [2.24, 2.45) is 5.92 Å². The predicted octanol–water partition coefficient (Wildman–Crippen LogP) is 1.16. The summed E-state index contributed by atoms with van der Waals surface area (Å²) in [5, 5.41) is 15.7. The van der Waals surface area contributed by atoms with Crippen molar-refractivity contribution in [3.05, 3.63) is 23.8 Å². The normalized spacial score (nSPS) is 17.6. The van der Waals surface area contributed by atoms with Crippen molar-refractivity contribution in [1.29, 1.82) is 0 Å². The number of benzene rings is 1. The minimum atomic E-state index is -0.265. The van der Waals surface area contributed by atoms with E-state index in [1.54, 1.807) is 6.07 Å². The third-order valence-electron chi connectivity index (χ3n) is 3.16. The zero-order valence-corrected chi connectivity index (χ0v) is 11.6. The molecule has 1 heterocycles. The van der Waals surface area contributed by atoms with Gasteiger partial charge in [-0.2, -0.15) is 0 Å². The van der Waals surface area contributed by atoms with Crippen LogP contribution < -0.4 is 15.4 Å². The van der Waals surface area contributed by atoms with Gasteiger partial charge in [-0.05, 0) is 43.6 Å².